The van der Waals surface area contributed by atoms with Crippen molar-refractivity contribution in [1.82, 2.24) is 4.90 Å². The third-order valence-corrected chi connectivity index (χ3v) is 4.85. The zero-order chi connectivity index (χ0) is 20.2. The summed E-state index contributed by atoms with van der Waals surface area (Å²) >= 11 is 0. The average Bonchev–Trinajstić information content (AvgIpc) is 3.10. The van der Waals surface area contributed by atoms with E-state index in [2.05, 4.69) is 5.32 Å². The molecule has 0 unspecified atom stereocenters. The lowest BCUT2D eigenvalue weighted by atomic mass is 10.0. The fourth-order valence-electron chi connectivity index (χ4n) is 3.41. The first-order valence-electron chi connectivity index (χ1n) is 9.38. The van der Waals surface area contributed by atoms with Crippen LogP contribution in [0.3, 0.4) is 0 Å². The van der Waals surface area contributed by atoms with E-state index in [4.69, 9.17) is 0 Å². The zero-order valence-corrected chi connectivity index (χ0v) is 15.7. The van der Waals surface area contributed by atoms with Crippen LogP contribution in [0.2, 0.25) is 0 Å². The van der Waals surface area contributed by atoms with Crippen LogP contribution in [0.25, 0.3) is 11.1 Å². The van der Waals surface area contributed by atoms with Gasteiger partial charge in [0.05, 0.1) is 0 Å². The van der Waals surface area contributed by atoms with Gasteiger partial charge in [-0.15, -0.1) is 0 Å². The van der Waals surface area contributed by atoms with E-state index < -0.39 is 0 Å². The maximum Gasteiger partial charge on any atom is 0.325 e. The van der Waals surface area contributed by atoms with Crippen LogP contribution in [0.1, 0.15) is 0 Å². The molecule has 1 N–H and O–H groups in total. The van der Waals surface area contributed by atoms with Gasteiger partial charge in [0.25, 0.3) is 0 Å². The number of hydrogen-bond acceptors (Lipinski definition) is 2. The van der Waals surface area contributed by atoms with Gasteiger partial charge in [-0.3, -0.25) is 9.69 Å². The predicted molar refractivity (Wildman–Crippen MR) is 111 cm³/mol. The van der Waals surface area contributed by atoms with Crippen molar-refractivity contribution in [2.24, 2.45) is 0 Å². The van der Waals surface area contributed by atoms with E-state index in [-0.39, 0.29) is 24.3 Å². The van der Waals surface area contributed by atoms with E-state index in [1.165, 1.54) is 17.0 Å². The third kappa shape index (κ3) is 4.11. The molecule has 29 heavy (non-hydrogen) atoms. The monoisotopic (exact) mass is 389 g/mol. The van der Waals surface area contributed by atoms with Crippen molar-refractivity contribution in [2.45, 2.75) is 0 Å². The van der Waals surface area contributed by atoms with Gasteiger partial charge in [-0.25, -0.2) is 9.18 Å². The molecule has 0 saturated carbocycles. The van der Waals surface area contributed by atoms with E-state index in [0.717, 1.165) is 11.1 Å². The number of anilines is 2. The second kappa shape index (κ2) is 8.14. The van der Waals surface area contributed by atoms with Crippen molar-refractivity contribution in [1.29, 1.82) is 0 Å². The van der Waals surface area contributed by atoms with E-state index in [1.807, 2.05) is 54.6 Å². The van der Waals surface area contributed by atoms with Crippen LogP contribution in [-0.4, -0.2) is 36.5 Å². The Morgan fingerprint density at radius 1 is 0.897 bits per heavy atom. The van der Waals surface area contributed by atoms with E-state index in [9.17, 15) is 14.0 Å². The summed E-state index contributed by atoms with van der Waals surface area (Å²) in [6.45, 7) is 0.849. The minimum Gasteiger partial charge on any atom is -0.324 e. The fraction of sp³-hybridized carbons (Fsp3) is 0.130. The summed E-state index contributed by atoms with van der Waals surface area (Å²) < 4.78 is 13.1. The van der Waals surface area contributed by atoms with Gasteiger partial charge in [-0.1, -0.05) is 48.5 Å². The first-order valence-corrected chi connectivity index (χ1v) is 9.38. The zero-order valence-electron chi connectivity index (χ0n) is 15.7. The molecule has 0 aliphatic carbocycles. The van der Waals surface area contributed by atoms with Crippen LogP contribution in [0.15, 0.2) is 78.9 Å². The number of nitrogens with one attached hydrogen (secondary N) is 1. The summed E-state index contributed by atoms with van der Waals surface area (Å²) in [7, 11) is 0. The minimum atomic E-state index is -0.353. The molecular formula is C23H20FN3O2. The lowest BCUT2D eigenvalue weighted by Crippen LogP contribution is -2.37. The van der Waals surface area contributed by atoms with Crippen LogP contribution in [-0.2, 0) is 4.79 Å². The molecule has 6 heteroatoms. The van der Waals surface area contributed by atoms with E-state index in [1.54, 1.807) is 17.0 Å². The predicted octanol–water partition coefficient (Wildman–Crippen LogP) is 4.37. The molecule has 1 heterocycles. The topological polar surface area (TPSA) is 52.7 Å². The Bertz CT molecular complexity index is 1020. The molecule has 0 spiro atoms. The first-order chi connectivity index (χ1) is 14.1. The molecule has 5 nitrogen and oxygen atoms in total. The number of benzene rings is 3. The van der Waals surface area contributed by atoms with Crippen LogP contribution < -0.4 is 10.2 Å². The van der Waals surface area contributed by atoms with Crippen molar-refractivity contribution in [3.63, 3.8) is 0 Å². The van der Waals surface area contributed by atoms with Crippen molar-refractivity contribution in [3.05, 3.63) is 84.7 Å². The van der Waals surface area contributed by atoms with Gasteiger partial charge >= 0.3 is 6.03 Å². The standard InChI is InChI=1S/C23H20FN3O2/c24-18-10-12-19(13-11-18)27-15-14-26(23(27)29)16-22(28)25-21-9-5-4-8-20(21)17-6-2-1-3-7-17/h1-13H,14-16H2,(H,25,28). The normalized spacial score (nSPS) is 13.6. The number of para-hydroxylation sites is 1. The molecular weight excluding hydrogens is 369 g/mol. The summed E-state index contributed by atoms with van der Waals surface area (Å²) in [6.07, 6.45) is 0. The SMILES string of the molecule is O=C(CN1CCN(c2ccc(F)cc2)C1=O)Nc1ccccc1-c1ccccc1. The number of amides is 3. The Morgan fingerprint density at radius 3 is 2.34 bits per heavy atom. The molecule has 3 aromatic rings. The highest BCUT2D eigenvalue weighted by Crippen LogP contribution is 2.27. The molecule has 0 bridgehead atoms. The van der Waals surface area contributed by atoms with Crippen molar-refractivity contribution in [3.8, 4) is 11.1 Å². The first kappa shape index (κ1) is 18.7. The highest BCUT2D eigenvalue weighted by atomic mass is 19.1. The maximum atomic E-state index is 13.1. The number of halogens is 1. The van der Waals surface area contributed by atoms with Crippen LogP contribution in [0.4, 0.5) is 20.6 Å². The molecule has 0 radical (unpaired) electrons. The molecule has 0 atom stereocenters. The van der Waals surface area contributed by atoms with Crippen molar-refractivity contribution >= 4 is 23.3 Å². The molecule has 1 saturated heterocycles. The number of nitrogens with zero attached hydrogens (tertiary/aromatic N) is 2. The maximum absolute atomic E-state index is 13.1. The highest BCUT2D eigenvalue weighted by Gasteiger charge is 2.30. The molecule has 1 aliphatic heterocycles. The Labute approximate surface area is 168 Å². The highest BCUT2D eigenvalue weighted by molar-refractivity contribution is 6.01. The molecule has 3 amide bonds. The molecule has 4 rings (SSSR count). The van der Waals surface area contributed by atoms with Gasteiger partial charge < -0.3 is 10.2 Å². The van der Waals surface area contributed by atoms with Gasteiger partial charge in [0, 0.05) is 30.0 Å². The van der Waals surface area contributed by atoms with Gasteiger partial charge in [0.2, 0.25) is 5.91 Å². The van der Waals surface area contributed by atoms with Crippen molar-refractivity contribution in [2.75, 3.05) is 29.9 Å². The lowest BCUT2D eigenvalue weighted by Gasteiger charge is -2.19. The van der Waals surface area contributed by atoms with Crippen molar-refractivity contribution < 1.29 is 14.0 Å². The third-order valence-electron chi connectivity index (χ3n) is 4.85. The largest absolute Gasteiger partial charge is 0.325 e. The molecule has 0 aromatic heterocycles. The number of urea groups is 1. The van der Waals surface area contributed by atoms with Crippen LogP contribution in [0, 0.1) is 5.82 Å². The average molecular weight is 389 g/mol. The Hall–Kier alpha value is -3.67. The van der Waals surface area contributed by atoms with Crippen LogP contribution >= 0.6 is 0 Å². The summed E-state index contributed by atoms with van der Waals surface area (Å²) in [5.41, 5.74) is 3.24. The fourth-order valence-corrected chi connectivity index (χ4v) is 3.41. The summed E-state index contributed by atoms with van der Waals surface area (Å²) in [5, 5.41) is 2.92. The van der Waals surface area contributed by atoms with Gasteiger partial charge in [0.15, 0.2) is 0 Å². The van der Waals surface area contributed by atoms with Gasteiger partial charge in [-0.2, -0.15) is 0 Å². The summed E-state index contributed by atoms with van der Waals surface area (Å²) in [4.78, 5) is 28.3. The Morgan fingerprint density at radius 2 is 1.59 bits per heavy atom. The number of carbonyl (C=O) groups excluding carboxylic acids is 2. The number of hydrogen-bond donors (Lipinski definition) is 1. The summed E-state index contributed by atoms with van der Waals surface area (Å²) in [5.74, 6) is -0.614. The van der Waals surface area contributed by atoms with E-state index >= 15 is 0 Å². The minimum absolute atomic E-state index is 0.0420. The quantitative estimate of drug-likeness (QED) is 0.704. The molecule has 1 fully saturated rings. The van der Waals surface area contributed by atoms with Gasteiger partial charge in [-0.05, 0) is 35.9 Å². The molecule has 3 aromatic carbocycles. The number of rotatable bonds is 5. The Kier molecular flexibility index (Phi) is 5.24. The van der Waals surface area contributed by atoms with E-state index in [0.29, 0.717) is 24.5 Å². The lowest BCUT2D eigenvalue weighted by molar-refractivity contribution is -0.116. The second-order valence-corrected chi connectivity index (χ2v) is 6.79. The number of carbonyl (C=O) groups is 2. The van der Waals surface area contributed by atoms with Crippen LogP contribution in [0.5, 0.6) is 0 Å². The Balaban J connectivity index is 1.43. The smallest absolute Gasteiger partial charge is 0.324 e. The van der Waals surface area contributed by atoms with Gasteiger partial charge in [0.1, 0.15) is 12.4 Å². The summed E-state index contributed by atoms with van der Waals surface area (Å²) in [6, 6.07) is 22.9. The second-order valence-electron chi connectivity index (χ2n) is 6.79. The molecule has 1 aliphatic rings. The molecule has 146 valence electrons.